The third kappa shape index (κ3) is 4.65. The number of nitrogens with zero attached hydrogens (tertiary/aromatic N) is 2. The lowest BCUT2D eigenvalue weighted by Crippen LogP contribution is -2.56. The van der Waals surface area contributed by atoms with Crippen LogP contribution in [-0.2, 0) is 11.3 Å². The molecule has 3 rings (SSSR count). The van der Waals surface area contributed by atoms with Crippen LogP contribution in [0.25, 0.3) is 0 Å². The van der Waals surface area contributed by atoms with Crippen LogP contribution >= 0.6 is 12.4 Å². The number of hydrogen-bond donors (Lipinski definition) is 1. The summed E-state index contributed by atoms with van der Waals surface area (Å²) in [6.07, 6.45) is -0.300. The molecule has 1 aromatic carbocycles. The molecule has 2 aliphatic heterocycles. The molecule has 0 aromatic heterocycles. The maximum Gasteiger partial charge on any atom is 0.263 e. The number of amides is 1. The number of alkyl halides is 2. The van der Waals surface area contributed by atoms with Crippen molar-refractivity contribution >= 4 is 18.3 Å². The topological polar surface area (TPSA) is 35.6 Å². The van der Waals surface area contributed by atoms with Crippen molar-refractivity contribution in [3.8, 4) is 0 Å². The first-order valence-electron chi connectivity index (χ1n) is 8.23. The molecule has 4 nitrogen and oxygen atoms in total. The van der Waals surface area contributed by atoms with E-state index in [-0.39, 0.29) is 29.9 Å². The maximum absolute atomic E-state index is 12.6. The SMILES string of the molecule is Cl.O=C1CNCCN1C1CCCN(Cc2ccc(C(F)F)cc2)C1. The Balaban J connectivity index is 0.00000208. The number of halogens is 3. The summed E-state index contributed by atoms with van der Waals surface area (Å²) in [7, 11) is 0. The van der Waals surface area contributed by atoms with Gasteiger partial charge in [0.25, 0.3) is 6.43 Å². The second-order valence-electron chi connectivity index (χ2n) is 6.34. The number of nitrogens with one attached hydrogen (secondary N) is 1. The summed E-state index contributed by atoms with van der Waals surface area (Å²) < 4.78 is 25.2. The maximum atomic E-state index is 12.6. The Labute approximate surface area is 147 Å². The highest BCUT2D eigenvalue weighted by Gasteiger charge is 2.29. The smallest absolute Gasteiger partial charge is 0.263 e. The highest BCUT2D eigenvalue weighted by molar-refractivity contribution is 5.85. The Morgan fingerprint density at radius 3 is 2.62 bits per heavy atom. The van der Waals surface area contributed by atoms with E-state index in [2.05, 4.69) is 10.2 Å². The van der Waals surface area contributed by atoms with E-state index in [0.717, 1.165) is 51.1 Å². The zero-order chi connectivity index (χ0) is 16.2. The number of carbonyl (C=O) groups excluding carboxylic acids is 1. The minimum atomic E-state index is -2.41. The first-order valence-corrected chi connectivity index (χ1v) is 8.23. The van der Waals surface area contributed by atoms with Crippen LogP contribution in [-0.4, -0.2) is 54.5 Å². The predicted molar refractivity (Wildman–Crippen MR) is 91.5 cm³/mol. The van der Waals surface area contributed by atoms with Gasteiger partial charge in [0.15, 0.2) is 0 Å². The largest absolute Gasteiger partial charge is 0.336 e. The van der Waals surface area contributed by atoms with Crippen molar-refractivity contribution in [1.82, 2.24) is 15.1 Å². The number of piperazine rings is 1. The van der Waals surface area contributed by atoms with Gasteiger partial charge in [-0.25, -0.2) is 8.78 Å². The number of rotatable bonds is 4. The van der Waals surface area contributed by atoms with Gasteiger partial charge in [0, 0.05) is 37.8 Å². The molecule has 2 heterocycles. The van der Waals surface area contributed by atoms with Crippen LogP contribution in [0.1, 0.15) is 30.4 Å². The van der Waals surface area contributed by atoms with E-state index < -0.39 is 6.43 Å². The van der Waals surface area contributed by atoms with Crippen molar-refractivity contribution in [2.24, 2.45) is 0 Å². The van der Waals surface area contributed by atoms with Gasteiger partial charge in [-0.1, -0.05) is 24.3 Å². The van der Waals surface area contributed by atoms with Crippen LogP contribution in [0, 0.1) is 0 Å². The van der Waals surface area contributed by atoms with Gasteiger partial charge < -0.3 is 10.2 Å². The molecule has 24 heavy (non-hydrogen) atoms. The third-order valence-corrected chi connectivity index (χ3v) is 4.69. The monoisotopic (exact) mass is 359 g/mol. The van der Waals surface area contributed by atoms with Crippen molar-refractivity contribution in [3.05, 3.63) is 35.4 Å². The quantitative estimate of drug-likeness (QED) is 0.897. The lowest BCUT2D eigenvalue weighted by Gasteiger charge is -2.41. The van der Waals surface area contributed by atoms with Gasteiger partial charge in [0.05, 0.1) is 6.54 Å². The summed E-state index contributed by atoms with van der Waals surface area (Å²) in [5.41, 5.74) is 1.11. The molecule has 7 heteroatoms. The summed E-state index contributed by atoms with van der Waals surface area (Å²) in [6, 6.07) is 6.84. The van der Waals surface area contributed by atoms with E-state index in [9.17, 15) is 13.6 Å². The highest BCUT2D eigenvalue weighted by Crippen LogP contribution is 2.21. The minimum absolute atomic E-state index is 0. The summed E-state index contributed by atoms with van der Waals surface area (Å²) in [5.74, 6) is 0.185. The summed E-state index contributed by atoms with van der Waals surface area (Å²) in [4.78, 5) is 16.4. The Morgan fingerprint density at radius 1 is 1.21 bits per heavy atom. The lowest BCUT2D eigenvalue weighted by molar-refractivity contribution is -0.135. The molecule has 0 saturated carbocycles. The number of piperidine rings is 1. The Hall–Kier alpha value is -1.24. The Morgan fingerprint density at radius 2 is 1.96 bits per heavy atom. The molecule has 134 valence electrons. The number of hydrogen-bond acceptors (Lipinski definition) is 3. The van der Waals surface area contributed by atoms with Crippen molar-refractivity contribution in [2.75, 3.05) is 32.7 Å². The molecule has 0 aliphatic carbocycles. The van der Waals surface area contributed by atoms with E-state index >= 15 is 0 Å². The van der Waals surface area contributed by atoms with Crippen LogP contribution in [0.2, 0.25) is 0 Å². The fourth-order valence-corrected chi connectivity index (χ4v) is 3.46. The molecule has 2 saturated heterocycles. The van der Waals surface area contributed by atoms with Crippen LogP contribution in [0.15, 0.2) is 24.3 Å². The average Bonchev–Trinajstić information content (AvgIpc) is 2.56. The minimum Gasteiger partial charge on any atom is -0.336 e. The molecule has 1 unspecified atom stereocenters. The van der Waals surface area contributed by atoms with Gasteiger partial charge in [0.1, 0.15) is 0 Å². The van der Waals surface area contributed by atoms with Gasteiger partial charge in [-0.15, -0.1) is 12.4 Å². The van der Waals surface area contributed by atoms with Crippen molar-refractivity contribution in [3.63, 3.8) is 0 Å². The second kappa shape index (κ2) is 8.74. The van der Waals surface area contributed by atoms with E-state index in [1.165, 1.54) is 12.1 Å². The second-order valence-corrected chi connectivity index (χ2v) is 6.34. The summed E-state index contributed by atoms with van der Waals surface area (Å²) in [5, 5.41) is 3.10. The van der Waals surface area contributed by atoms with Gasteiger partial charge >= 0.3 is 0 Å². The number of likely N-dealkylation sites (tertiary alicyclic amines) is 1. The molecule has 1 N–H and O–H groups in total. The van der Waals surface area contributed by atoms with Crippen molar-refractivity contribution in [2.45, 2.75) is 31.9 Å². The van der Waals surface area contributed by atoms with E-state index in [1.54, 1.807) is 12.1 Å². The van der Waals surface area contributed by atoms with Crippen LogP contribution in [0.5, 0.6) is 0 Å². The molecule has 0 bridgehead atoms. The average molecular weight is 360 g/mol. The molecule has 0 radical (unpaired) electrons. The predicted octanol–water partition coefficient (Wildman–Crippen LogP) is 2.44. The molecular formula is C17H24ClF2N3O. The zero-order valence-electron chi connectivity index (χ0n) is 13.6. The normalized spacial score (nSPS) is 22.5. The summed E-state index contributed by atoms with van der Waals surface area (Å²) >= 11 is 0. The van der Waals surface area contributed by atoms with Crippen LogP contribution < -0.4 is 5.32 Å². The number of carbonyl (C=O) groups is 1. The fraction of sp³-hybridized carbons (Fsp3) is 0.588. The molecule has 0 spiro atoms. The van der Waals surface area contributed by atoms with Gasteiger partial charge in [-0.3, -0.25) is 9.69 Å². The third-order valence-electron chi connectivity index (χ3n) is 4.69. The van der Waals surface area contributed by atoms with Gasteiger partial charge in [-0.05, 0) is 24.9 Å². The van der Waals surface area contributed by atoms with Crippen LogP contribution in [0.4, 0.5) is 8.78 Å². The Bertz CT molecular complexity index is 541. The molecule has 1 aromatic rings. The van der Waals surface area contributed by atoms with Gasteiger partial charge in [0.2, 0.25) is 5.91 Å². The van der Waals surface area contributed by atoms with E-state index in [4.69, 9.17) is 0 Å². The fourth-order valence-electron chi connectivity index (χ4n) is 3.46. The van der Waals surface area contributed by atoms with Crippen molar-refractivity contribution in [1.29, 1.82) is 0 Å². The van der Waals surface area contributed by atoms with Gasteiger partial charge in [-0.2, -0.15) is 0 Å². The molecule has 1 atom stereocenters. The first-order chi connectivity index (χ1) is 11.1. The van der Waals surface area contributed by atoms with Crippen molar-refractivity contribution < 1.29 is 13.6 Å². The highest BCUT2D eigenvalue weighted by atomic mass is 35.5. The summed E-state index contributed by atoms with van der Waals surface area (Å²) in [6.45, 7) is 4.68. The molecule has 2 aliphatic rings. The lowest BCUT2D eigenvalue weighted by atomic mass is 10.0. The first kappa shape index (κ1) is 19.1. The van der Waals surface area contributed by atoms with E-state index in [1.807, 2.05) is 4.90 Å². The molecule has 2 fully saturated rings. The van der Waals surface area contributed by atoms with Crippen LogP contribution in [0.3, 0.4) is 0 Å². The zero-order valence-corrected chi connectivity index (χ0v) is 14.4. The standard InChI is InChI=1S/C17H23F2N3O.ClH/c18-17(19)14-5-3-13(4-6-14)11-21-8-1-2-15(12-21)22-9-7-20-10-16(22)23;/h3-6,15,17,20H,1-2,7-12H2;1H. The Kier molecular flexibility index (Phi) is 6.95. The molecular weight excluding hydrogens is 336 g/mol. The van der Waals surface area contributed by atoms with E-state index in [0.29, 0.717) is 6.54 Å². The number of benzene rings is 1. The molecule has 1 amide bonds.